The summed E-state index contributed by atoms with van der Waals surface area (Å²) in [4.78, 5) is 35.6. The predicted octanol–water partition coefficient (Wildman–Crippen LogP) is 1.94. The third kappa shape index (κ3) is 1.66. The predicted molar refractivity (Wildman–Crippen MR) is 71.5 cm³/mol. The van der Waals surface area contributed by atoms with Gasteiger partial charge < -0.3 is 5.11 Å². The first-order valence-corrected chi connectivity index (χ1v) is 6.84. The van der Waals surface area contributed by atoms with Crippen molar-refractivity contribution in [1.29, 1.82) is 0 Å². The summed E-state index contributed by atoms with van der Waals surface area (Å²) in [5, 5.41) is 10.8. The van der Waals surface area contributed by atoms with Crippen molar-refractivity contribution in [3.8, 4) is 0 Å². The van der Waals surface area contributed by atoms with Crippen molar-refractivity contribution in [3.63, 3.8) is 0 Å². The highest BCUT2D eigenvalue weighted by Crippen LogP contribution is 2.53. The first kappa shape index (κ1) is 15.4. The van der Waals surface area contributed by atoms with Crippen LogP contribution in [-0.4, -0.2) is 28.1 Å². The van der Waals surface area contributed by atoms with Crippen molar-refractivity contribution >= 4 is 11.6 Å². The molecule has 112 valence electrons. The van der Waals surface area contributed by atoms with Crippen molar-refractivity contribution in [2.75, 3.05) is 0 Å². The number of hydrogen-bond donors (Lipinski definition) is 1. The molecule has 0 spiro atoms. The molecule has 5 nitrogen and oxygen atoms in total. The standard InChI is InChI=1S/C15H22O5/c1-7-14(6)8-9-10(16)12(2,3)11(17)13(4,5)15(9,18)20-19-14/h8,18H,7H2,1-6H3/t14-,15+/m1/s1. The van der Waals surface area contributed by atoms with E-state index in [-0.39, 0.29) is 11.4 Å². The molecule has 0 saturated heterocycles. The maximum atomic E-state index is 12.6. The summed E-state index contributed by atoms with van der Waals surface area (Å²) in [5.74, 6) is -2.81. The second-order valence-corrected chi connectivity index (χ2v) is 6.94. The van der Waals surface area contributed by atoms with Crippen molar-refractivity contribution in [2.45, 2.75) is 59.4 Å². The van der Waals surface area contributed by atoms with Gasteiger partial charge in [0.15, 0.2) is 11.6 Å². The lowest BCUT2D eigenvalue weighted by Gasteiger charge is -2.52. The van der Waals surface area contributed by atoms with E-state index in [4.69, 9.17) is 9.78 Å². The molecule has 0 aromatic rings. The van der Waals surface area contributed by atoms with Gasteiger partial charge in [-0.3, -0.25) is 9.59 Å². The average molecular weight is 282 g/mol. The summed E-state index contributed by atoms with van der Waals surface area (Å²) in [7, 11) is 0. The maximum Gasteiger partial charge on any atom is 0.240 e. The summed E-state index contributed by atoms with van der Waals surface area (Å²) in [5.41, 5.74) is -3.13. The van der Waals surface area contributed by atoms with E-state index in [1.807, 2.05) is 6.92 Å². The van der Waals surface area contributed by atoms with Gasteiger partial charge in [-0.25, -0.2) is 4.89 Å². The van der Waals surface area contributed by atoms with E-state index in [0.717, 1.165) is 0 Å². The van der Waals surface area contributed by atoms with E-state index >= 15 is 0 Å². The molecule has 0 aromatic heterocycles. The van der Waals surface area contributed by atoms with Gasteiger partial charge >= 0.3 is 0 Å². The monoisotopic (exact) mass is 282 g/mol. The molecular formula is C15H22O5. The van der Waals surface area contributed by atoms with Gasteiger partial charge in [0, 0.05) is 0 Å². The molecule has 0 aromatic carbocycles. The zero-order chi connectivity index (χ0) is 15.6. The Kier molecular flexibility index (Phi) is 3.07. The summed E-state index contributed by atoms with van der Waals surface area (Å²) in [6.45, 7) is 9.95. The third-order valence-electron chi connectivity index (χ3n) is 4.66. The molecule has 2 aliphatic rings. The van der Waals surface area contributed by atoms with Crippen molar-refractivity contribution in [2.24, 2.45) is 10.8 Å². The fourth-order valence-electron chi connectivity index (χ4n) is 2.82. The SMILES string of the molecule is CC[C@]1(C)C=C2C(=O)C(C)(C)C(=O)C(C)(C)[C@@]2(O)OO1. The minimum atomic E-state index is -2.04. The number of carbonyl (C=O) groups excluding carboxylic acids is 2. The Morgan fingerprint density at radius 2 is 1.65 bits per heavy atom. The molecule has 1 fully saturated rings. The minimum absolute atomic E-state index is 0.114. The second-order valence-electron chi connectivity index (χ2n) is 6.94. The van der Waals surface area contributed by atoms with E-state index in [9.17, 15) is 14.7 Å². The lowest BCUT2D eigenvalue weighted by Crippen LogP contribution is -2.66. The average Bonchev–Trinajstić information content (AvgIpc) is 2.38. The van der Waals surface area contributed by atoms with Crippen molar-refractivity contribution in [3.05, 3.63) is 11.6 Å². The third-order valence-corrected chi connectivity index (χ3v) is 4.66. The first-order valence-electron chi connectivity index (χ1n) is 6.84. The minimum Gasteiger partial charge on any atom is -0.359 e. The Bertz CT molecular complexity index is 516. The maximum absolute atomic E-state index is 12.6. The van der Waals surface area contributed by atoms with Crippen LogP contribution in [0.4, 0.5) is 0 Å². The highest BCUT2D eigenvalue weighted by atomic mass is 17.2. The largest absolute Gasteiger partial charge is 0.359 e. The second kappa shape index (κ2) is 4.00. The summed E-state index contributed by atoms with van der Waals surface area (Å²) in [6, 6.07) is 0. The topological polar surface area (TPSA) is 72.8 Å². The molecule has 5 heteroatoms. The summed E-state index contributed by atoms with van der Waals surface area (Å²) >= 11 is 0. The summed E-state index contributed by atoms with van der Waals surface area (Å²) < 4.78 is 0. The molecular weight excluding hydrogens is 260 g/mol. The van der Waals surface area contributed by atoms with Crippen LogP contribution in [0.5, 0.6) is 0 Å². The van der Waals surface area contributed by atoms with Gasteiger partial charge in [0.25, 0.3) is 0 Å². The summed E-state index contributed by atoms with van der Waals surface area (Å²) in [6.07, 6.45) is 2.17. The Morgan fingerprint density at radius 3 is 2.15 bits per heavy atom. The first-order chi connectivity index (χ1) is 8.92. The number of ketones is 2. The van der Waals surface area contributed by atoms with Gasteiger partial charge in [-0.1, -0.05) is 6.92 Å². The van der Waals surface area contributed by atoms with Crippen LogP contribution in [0, 0.1) is 10.8 Å². The molecule has 0 radical (unpaired) electrons. The lowest BCUT2D eigenvalue weighted by molar-refractivity contribution is -0.464. The highest BCUT2D eigenvalue weighted by Gasteiger charge is 2.67. The molecule has 0 amide bonds. The van der Waals surface area contributed by atoms with Gasteiger partial charge in [-0.05, 0) is 47.1 Å². The van der Waals surface area contributed by atoms with E-state index in [2.05, 4.69) is 0 Å². The van der Waals surface area contributed by atoms with Crippen LogP contribution < -0.4 is 0 Å². The molecule has 1 aliphatic carbocycles. The van der Waals surface area contributed by atoms with Crippen LogP contribution >= 0.6 is 0 Å². The van der Waals surface area contributed by atoms with Crippen LogP contribution in [0.3, 0.4) is 0 Å². The van der Waals surface area contributed by atoms with Gasteiger partial charge in [-0.2, -0.15) is 4.89 Å². The molecule has 20 heavy (non-hydrogen) atoms. The van der Waals surface area contributed by atoms with E-state index in [1.54, 1.807) is 40.7 Å². The number of carbonyl (C=O) groups is 2. The number of hydrogen-bond acceptors (Lipinski definition) is 5. The molecule has 1 N–H and O–H groups in total. The van der Waals surface area contributed by atoms with Gasteiger partial charge in [0.2, 0.25) is 5.79 Å². The Hall–Kier alpha value is -1.04. The highest BCUT2D eigenvalue weighted by molar-refractivity contribution is 6.19. The Morgan fingerprint density at radius 1 is 1.10 bits per heavy atom. The molecule has 2 atom stereocenters. The fraction of sp³-hybridized carbons (Fsp3) is 0.733. The van der Waals surface area contributed by atoms with Gasteiger partial charge in [0.05, 0.1) is 16.4 Å². The number of fused-ring (bicyclic) bond motifs is 1. The van der Waals surface area contributed by atoms with Gasteiger partial charge in [-0.15, -0.1) is 0 Å². The Labute approximate surface area is 118 Å². The van der Waals surface area contributed by atoms with E-state index < -0.39 is 28.0 Å². The molecule has 1 aliphatic heterocycles. The quantitative estimate of drug-likeness (QED) is 0.587. The van der Waals surface area contributed by atoms with Crippen molar-refractivity contribution in [1.82, 2.24) is 0 Å². The number of Topliss-reactive ketones (excluding diaryl/α,β-unsaturated/α-hetero) is 2. The zero-order valence-corrected chi connectivity index (χ0v) is 12.9. The molecule has 1 heterocycles. The van der Waals surface area contributed by atoms with Crippen LogP contribution in [0.2, 0.25) is 0 Å². The lowest BCUT2D eigenvalue weighted by atomic mass is 9.57. The van der Waals surface area contributed by atoms with Crippen LogP contribution in [0.1, 0.15) is 48.0 Å². The van der Waals surface area contributed by atoms with Crippen LogP contribution in [-0.2, 0) is 19.4 Å². The molecule has 2 rings (SSSR count). The van der Waals surface area contributed by atoms with E-state index in [1.165, 1.54) is 0 Å². The van der Waals surface area contributed by atoms with Crippen LogP contribution in [0.25, 0.3) is 0 Å². The molecule has 1 saturated carbocycles. The van der Waals surface area contributed by atoms with Crippen LogP contribution in [0.15, 0.2) is 11.6 Å². The molecule has 0 bridgehead atoms. The smallest absolute Gasteiger partial charge is 0.240 e. The normalized spacial score (nSPS) is 39.2. The fourth-order valence-corrected chi connectivity index (χ4v) is 2.82. The number of rotatable bonds is 1. The molecule has 0 unspecified atom stereocenters. The van der Waals surface area contributed by atoms with Crippen molar-refractivity contribution < 1.29 is 24.5 Å². The van der Waals surface area contributed by atoms with Gasteiger partial charge in [0.1, 0.15) is 5.60 Å². The van der Waals surface area contributed by atoms with E-state index in [0.29, 0.717) is 6.42 Å². The Balaban J connectivity index is 2.69. The zero-order valence-electron chi connectivity index (χ0n) is 12.9. The number of aliphatic hydroxyl groups is 1.